The zero-order valence-electron chi connectivity index (χ0n) is 12.6. The molecule has 2 aliphatic carbocycles. The van der Waals surface area contributed by atoms with Crippen molar-refractivity contribution in [3.8, 4) is 0 Å². The maximum Gasteiger partial charge on any atom is 0.239 e. The molecule has 0 heterocycles. The maximum absolute atomic E-state index is 12.7. The van der Waals surface area contributed by atoms with Gasteiger partial charge < -0.3 is 10.6 Å². The molecule has 2 fully saturated rings. The Balaban J connectivity index is 1.59. The van der Waals surface area contributed by atoms with Crippen LogP contribution < -0.4 is 10.6 Å². The van der Waals surface area contributed by atoms with Crippen LogP contribution in [0.5, 0.6) is 0 Å². The van der Waals surface area contributed by atoms with Crippen LogP contribution in [0.3, 0.4) is 0 Å². The first-order valence-corrected chi connectivity index (χ1v) is 8.81. The summed E-state index contributed by atoms with van der Waals surface area (Å²) in [5.41, 5.74) is 0. The van der Waals surface area contributed by atoms with Crippen molar-refractivity contribution >= 4 is 23.6 Å². The largest absolute Gasteiger partial charge is 0.352 e. The molecule has 2 aliphatic rings. The number of thioether (sulfide) groups is 1. The van der Waals surface area contributed by atoms with E-state index in [0.29, 0.717) is 6.04 Å². The van der Waals surface area contributed by atoms with Gasteiger partial charge in [-0.2, -0.15) is 0 Å². The number of carbonyl (C=O) groups excluding carboxylic acids is 2. The van der Waals surface area contributed by atoms with Crippen LogP contribution in [0.2, 0.25) is 0 Å². The predicted molar refractivity (Wildman–Crippen MR) is 87.7 cm³/mol. The average molecular weight is 318 g/mol. The number of hydrogen-bond acceptors (Lipinski definition) is 3. The minimum absolute atomic E-state index is 0.00444. The second-order valence-electron chi connectivity index (χ2n) is 6.14. The molecule has 0 unspecified atom stereocenters. The summed E-state index contributed by atoms with van der Waals surface area (Å²) < 4.78 is -0.415. The Morgan fingerprint density at radius 2 is 1.82 bits per heavy atom. The Morgan fingerprint density at radius 3 is 2.45 bits per heavy atom. The van der Waals surface area contributed by atoms with Crippen molar-refractivity contribution in [2.75, 3.05) is 6.54 Å². The smallest absolute Gasteiger partial charge is 0.239 e. The van der Waals surface area contributed by atoms with Crippen LogP contribution in [-0.4, -0.2) is 29.1 Å². The lowest BCUT2D eigenvalue weighted by atomic mass is 10.1. The van der Waals surface area contributed by atoms with Gasteiger partial charge in [0, 0.05) is 10.9 Å². The van der Waals surface area contributed by atoms with E-state index in [2.05, 4.69) is 10.6 Å². The summed E-state index contributed by atoms with van der Waals surface area (Å²) in [6.45, 7) is 0.0897. The first-order valence-electron chi connectivity index (χ1n) is 8.00. The van der Waals surface area contributed by atoms with E-state index in [0.717, 1.165) is 43.4 Å². The van der Waals surface area contributed by atoms with Crippen molar-refractivity contribution in [2.24, 2.45) is 0 Å². The molecule has 0 aliphatic heterocycles. The predicted octanol–water partition coefficient (Wildman–Crippen LogP) is 2.49. The van der Waals surface area contributed by atoms with E-state index >= 15 is 0 Å². The molecule has 1 aromatic carbocycles. The normalized spacial score (nSPS) is 19.6. The zero-order valence-corrected chi connectivity index (χ0v) is 13.5. The van der Waals surface area contributed by atoms with Gasteiger partial charge in [-0.05, 0) is 37.8 Å². The fraction of sp³-hybridized carbons (Fsp3) is 0.529. The molecule has 22 heavy (non-hydrogen) atoms. The third kappa shape index (κ3) is 3.83. The Morgan fingerprint density at radius 1 is 1.14 bits per heavy atom. The number of nitrogens with one attached hydrogen (secondary N) is 2. The Bertz CT molecular complexity index is 537. The molecule has 3 rings (SSSR count). The Hall–Kier alpha value is -1.49. The summed E-state index contributed by atoms with van der Waals surface area (Å²) in [6, 6.07) is 10.4. The molecular formula is C17H22N2O2S. The van der Waals surface area contributed by atoms with Gasteiger partial charge in [-0.25, -0.2) is 0 Å². The third-order valence-electron chi connectivity index (χ3n) is 4.23. The molecule has 2 saturated carbocycles. The van der Waals surface area contributed by atoms with Crippen LogP contribution >= 0.6 is 11.8 Å². The molecule has 1 aromatic rings. The second-order valence-corrected chi connectivity index (χ2v) is 7.60. The van der Waals surface area contributed by atoms with E-state index in [1.807, 2.05) is 30.3 Å². The number of rotatable bonds is 6. The highest BCUT2D eigenvalue weighted by atomic mass is 32.2. The first kappa shape index (κ1) is 15.4. The van der Waals surface area contributed by atoms with Gasteiger partial charge in [-0.3, -0.25) is 9.59 Å². The molecule has 0 radical (unpaired) electrons. The lowest BCUT2D eigenvalue weighted by Gasteiger charge is -2.27. The van der Waals surface area contributed by atoms with Crippen LogP contribution in [0.4, 0.5) is 0 Å². The summed E-state index contributed by atoms with van der Waals surface area (Å²) in [4.78, 5) is 25.5. The molecule has 5 heteroatoms. The lowest BCUT2D eigenvalue weighted by Crippen LogP contribution is -2.46. The summed E-state index contributed by atoms with van der Waals surface area (Å²) >= 11 is 1.64. The van der Waals surface area contributed by atoms with E-state index < -0.39 is 4.75 Å². The molecule has 118 valence electrons. The number of benzene rings is 1. The van der Waals surface area contributed by atoms with Crippen molar-refractivity contribution in [3.05, 3.63) is 30.3 Å². The fourth-order valence-corrected chi connectivity index (χ4v) is 4.27. The van der Waals surface area contributed by atoms with Crippen molar-refractivity contribution < 1.29 is 9.59 Å². The van der Waals surface area contributed by atoms with Gasteiger partial charge in [0.15, 0.2) is 0 Å². The van der Waals surface area contributed by atoms with E-state index in [4.69, 9.17) is 0 Å². The van der Waals surface area contributed by atoms with E-state index in [1.54, 1.807) is 11.8 Å². The van der Waals surface area contributed by atoms with Crippen LogP contribution in [0.1, 0.15) is 38.5 Å². The first-order chi connectivity index (χ1) is 10.7. The minimum Gasteiger partial charge on any atom is -0.352 e. The SMILES string of the molecule is O=C(CNC(=O)C1(Sc2ccccc2)CCCC1)NC1CC1. The number of carbonyl (C=O) groups is 2. The summed E-state index contributed by atoms with van der Waals surface area (Å²) in [5, 5.41) is 5.75. The molecule has 0 atom stereocenters. The quantitative estimate of drug-likeness (QED) is 0.847. The van der Waals surface area contributed by atoms with Gasteiger partial charge in [0.1, 0.15) is 0 Å². The highest BCUT2D eigenvalue weighted by Crippen LogP contribution is 2.45. The van der Waals surface area contributed by atoms with Crippen LogP contribution in [0.25, 0.3) is 0 Å². The number of amides is 2. The van der Waals surface area contributed by atoms with Crippen molar-refractivity contribution in [2.45, 2.75) is 54.2 Å². The molecule has 0 aromatic heterocycles. The Kier molecular flexibility index (Phi) is 4.71. The topological polar surface area (TPSA) is 58.2 Å². The highest BCUT2D eigenvalue weighted by Gasteiger charge is 2.42. The number of hydrogen-bond donors (Lipinski definition) is 2. The summed E-state index contributed by atoms with van der Waals surface area (Å²) in [5.74, 6) is -0.0708. The van der Waals surface area contributed by atoms with Crippen LogP contribution in [0, 0.1) is 0 Å². The average Bonchev–Trinajstić information content (AvgIpc) is 3.21. The lowest BCUT2D eigenvalue weighted by molar-refractivity contribution is -0.127. The van der Waals surface area contributed by atoms with E-state index in [9.17, 15) is 9.59 Å². The highest BCUT2D eigenvalue weighted by molar-refractivity contribution is 8.01. The molecule has 2 amide bonds. The van der Waals surface area contributed by atoms with E-state index in [-0.39, 0.29) is 18.4 Å². The Labute approximate surface area is 135 Å². The van der Waals surface area contributed by atoms with Crippen LogP contribution in [0.15, 0.2) is 35.2 Å². The third-order valence-corrected chi connectivity index (χ3v) is 5.73. The van der Waals surface area contributed by atoms with Crippen molar-refractivity contribution in [1.82, 2.24) is 10.6 Å². The van der Waals surface area contributed by atoms with Gasteiger partial charge in [-0.1, -0.05) is 31.0 Å². The standard InChI is InChI=1S/C17H22N2O2S/c20-15(19-13-8-9-13)12-18-16(21)17(10-4-5-11-17)22-14-6-2-1-3-7-14/h1-3,6-7,13H,4-5,8-12H2,(H,18,21)(H,19,20). The van der Waals surface area contributed by atoms with Crippen molar-refractivity contribution in [1.29, 1.82) is 0 Å². The molecule has 0 bridgehead atoms. The minimum atomic E-state index is -0.415. The molecule has 0 saturated heterocycles. The van der Waals surface area contributed by atoms with Crippen LogP contribution in [-0.2, 0) is 9.59 Å². The summed E-state index contributed by atoms with van der Waals surface area (Å²) in [6.07, 6.45) is 6.02. The van der Waals surface area contributed by atoms with Gasteiger partial charge in [0.2, 0.25) is 11.8 Å². The monoisotopic (exact) mass is 318 g/mol. The maximum atomic E-state index is 12.7. The fourth-order valence-electron chi connectivity index (χ4n) is 2.86. The van der Waals surface area contributed by atoms with E-state index in [1.165, 1.54) is 0 Å². The summed E-state index contributed by atoms with van der Waals surface area (Å²) in [7, 11) is 0. The van der Waals surface area contributed by atoms with Gasteiger partial charge >= 0.3 is 0 Å². The second kappa shape index (κ2) is 6.73. The molecular weight excluding hydrogens is 296 g/mol. The van der Waals surface area contributed by atoms with Gasteiger partial charge in [-0.15, -0.1) is 11.8 Å². The van der Waals surface area contributed by atoms with Crippen molar-refractivity contribution in [3.63, 3.8) is 0 Å². The van der Waals surface area contributed by atoms with Gasteiger partial charge in [0.25, 0.3) is 0 Å². The molecule has 2 N–H and O–H groups in total. The van der Waals surface area contributed by atoms with Gasteiger partial charge in [0.05, 0.1) is 11.3 Å². The molecule has 4 nitrogen and oxygen atoms in total. The zero-order chi connectivity index (χ0) is 15.4. The molecule has 0 spiro atoms.